The fourth-order valence-corrected chi connectivity index (χ4v) is 2.10. The number of benzene rings is 2. The van der Waals surface area contributed by atoms with Crippen molar-refractivity contribution in [3.8, 4) is 5.69 Å². The third-order valence-electron chi connectivity index (χ3n) is 3.38. The lowest BCUT2D eigenvalue weighted by Gasteiger charge is -2.13. The second kappa shape index (κ2) is 6.22. The van der Waals surface area contributed by atoms with E-state index in [-0.39, 0.29) is 0 Å². The second-order valence-corrected chi connectivity index (χ2v) is 5.05. The summed E-state index contributed by atoms with van der Waals surface area (Å²) in [5, 5.41) is 11.9. The van der Waals surface area contributed by atoms with Crippen LogP contribution in [-0.2, 0) is 0 Å². The predicted octanol–water partition coefficient (Wildman–Crippen LogP) is 3.08. The number of hydrogen-bond donors (Lipinski definition) is 0. The minimum atomic E-state index is 0.687. The molecule has 0 radical (unpaired) electrons. The molecule has 0 unspecified atom stereocenters. The number of hydrogen-bond acceptors (Lipinski definition) is 4. The van der Waals surface area contributed by atoms with Crippen LogP contribution >= 0.6 is 0 Å². The highest BCUT2D eigenvalue weighted by atomic mass is 15.5. The van der Waals surface area contributed by atoms with Gasteiger partial charge in [0.25, 0.3) is 0 Å². The van der Waals surface area contributed by atoms with E-state index >= 15 is 0 Å². The van der Waals surface area contributed by atoms with Crippen LogP contribution in [0.3, 0.4) is 0 Å². The van der Waals surface area contributed by atoms with E-state index in [2.05, 4.69) is 22.4 Å². The first-order valence-corrected chi connectivity index (χ1v) is 7.05. The summed E-state index contributed by atoms with van der Waals surface area (Å²) >= 11 is 0. The Labute approximate surface area is 129 Å². The van der Waals surface area contributed by atoms with Crippen molar-refractivity contribution in [1.29, 1.82) is 0 Å². The highest BCUT2D eigenvalue weighted by Crippen LogP contribution is 2.13. The Bertz CT molecular complexity index is 759. The van der Waals surface area contributed by atoms with Crippen molar-refractivity contribution in [3.05, 3.63) is 72.2 Å². The van der Waals surface area contributed by atoms with Crippen LogP contribution in [0.2, 0.25) is 0 Å². The smallest absolute Gasteiger partial charge is 0.181 e. The standard InChI is InChI=1S/C17H17N5/c1-14-8-10-16(11-9-14)22-17(18-19-20-22)12-13-21(2)15-6-4-3-5-7-15/h3-13H,1-2H3. The predicted molar refractivity (Wildman–Crippen MR) is 87.8 cm³/mol. The van der Waals surface area contributed by atoms with Crippen LogP contribution < -0.4 is 4.90 Å². The maximum atomic E-state index is 4.07. The molecule has 0 saturated carbocycles. The van der Waals surface area contributed by atoms with Gasteiger partial charge in [-0.05, 0) is 41.6 Å². The maximum Gasteiger partial charge on any atom is 0.181 e. The van der Waals surface area contributed by atoms with Gasteiger partial charge < -0.3 is 4.90 Å². The summed E-state index contributed by atoms with van der Waals surface area (Å²) in [4.78, 5) is 2.02. The molecule has 5 heteroatoms. The summed E-state index contributed by atoms with van der Waals surface area (Å²) in [6.45, 7) is 2.05. The van der Waals surface area contributed by atoms with Crippen LogP contribution in [0.4, 0.5) is 5.69 Å². The molecular formula is C17H17N5. The molecule has 1 aromatic heterocycles. The Morgan fingerprint density at radius 3 is 2.45 bits per heavy atom. The van der Waals surface area contributed by atoms with Gasteiger partial charge in [-0.3, -0.25) is 0 Å². The van der Waals surface area contributed by atoms with Gasteiger partial charge in [0.05, 0.1) is 5.69 Å². The van der Waals surface area contributed by atoms with Crippen molar-refractivity contribution in [2.24, 2.45) is 0 Å². The van der Waals surface area contributed by atoms with E-state index in [0.717, 1.165) is 11.4 Å². The van der Waals surface area contributed by atoms with Crippen molar-refractivity contribution in [1.82, 2.24) is 20.2 Å². The molecule has 3 aromatic rings. The van der Waals surface area contributed by atoms with Gasteiger partial charge in [-0.15, -0.1) is 5.10 Å². The van der Waals surface area contributed by atoms with Gasteiger partial charge >= 0.3 is 0 Å². The van der Waals surface area contributed by atoms with Gasteiger partial charge in [-0.2, -0.15) is 4.68 Å². The number of aromatic nitrogens is 4. The molecule has 3 rings (SSSR count). The van der Waals surface area contributed by atoms with E-state index in [1.807, 2.05) is 78.8 Å². The fourth-order valence-electron chi connectivity index (χ4n) is 2.10. The van der Waals surface area contributed by atoms with E-state index in [9.17, 15) is 0 Å². The molecule has 0 fully saturated rings. The third kappa shape index (κ3) is 3.03. The second-order valence-electron chi connectivity index (χ2n) is 5.05. The van der Waals surface area contributed by atoms with Crippen LogP contribution in [-0.4, -0.2) is 27.3 Å². The van der Waals surface area contributed by atoms with E-state index in [1.165, 1.54) is 5.56 Å². The molecule has 0 aliphatic heterocycles. The quantitative estimate of drug-likeness (QED) is 0.741. The van der Waals surface area contributed by atoms with Gasteiger partial charge in [-0.25, -0.2) is 0 Å². The highest BCUT2D eigenvalue weighted by molar-refractivity contribution is 5.54. The first-order valence-electron chi connectivity index (χ1n) is 7.05. The van der Waals surface area contributed by atoms with Crippen molar-refractivity contribution in [2.45, 2.75) is 6.92 Å². The molecule has 2 aromatic carbocycles. The van der Waals surface area contributed by atoms with Crippen LogP contribution in [0, 0.1) is 6.92 Å². The lowest BCUT2D eigenvalue weighted by molar-refractivity contribution is 0.786. The summed E-state index contributed by atoms with van der Waals surface area (Å²) in [5.74, 6) is 0.687. The summed E-state index contributed by atoms with van der Waals surface area (Å²) in [5.41, 5.74) is 3.25. The summed E-state index contributed by atoms with van der Waals surface area (Å²) < 4.78 is 1.72. The van der Waals surface area contributed by atoms with Crippen molar-refractivity contribution in [3.63, 3.8) is 0 Å². The molecule has 0 atom stereocenters. The first kappa shape index (κ1) is 14.0. The molecule has 0 amide bonds. The van der Waals surface area contributed by atoms with Crippen molar-refractivity contribution < 1.29 is 0 Å². The Kier molecular flexibility index (Phi) is 3.96. The fraction of sp³-hybridized carbons (Fsp3) is 0.118. The van der Waals surface area contributed by atoms with Crippen LogP contribution in [0.25, 0.3) is 11.8 Å². The molecule has 0 spiro atoms. The van der Waals surface area contributed by atoms with E-state index in [0.29, 0.717) is 5.82 Å². The SMILES string of the molecule is Cc1ccc(-n2nnnc2C=CN(C)c2ccccc2)cc1. The zero-order chi connectivity index (χ0) is 15.4. The molecule has 0 aliphatic rings. The van der Waals surface area contributed by atoms with E-state index < -0.39 is 0 Å². The molecule has 5 nitrogen and oxygen atoms in total. The molecule has 22 heavy (non-hydrogen) atoms. The molecule has 0 saturated heterocycles. The van der Waals surface area contributed by atoms with Crippen LogP contribution in [0.15, 0.2) is 60.8 Å². The molecule has 0 N–H and O–H groups in total. The van der Waals surface area contributed by atoms with Gasteiger partial charge in [0.1, 0.15) is 0 Å². The topological polar surface area (TPSA) is 46.8 Å². The number of aryl methyl sites for hydroxylation is 1. The van der Waals surface area contributed by atoms with Crippen molar-refractivity contribution in [2.75, 3.05) is 11.9 Å². The normalized spacial score (nSPS) is 11.0. The lowest BCUT2D eigenvalue weighted by Crippen LogP contribution is -2.08. The highest BCUT2D eigenvalue weighted by Gasteiger charge is 2.05. The minimum Gasteiger partial charge on any atom is -0.351 e. The minimum absolute atomic E-state index is 0.687. The van der Waals surface area contributed by atoms with Gasteiger partial charge in [0.15, 0.2) is 5.82 Å². The van der Waals surface area contributed by atoms with Crippen LogP contribution in [0.5, 0.6) is 0 Å². The largest absolute Gasteiger partial charge is 0.351 e. The maximum absolute atomic E-state index is 4.07. The Hall–Kier alpha value is -2.95. The van der Waals surface area contributed by atoms with Gasteiger partial charge in [-0.1, -0.05) is 35.9 Å². The zero-order valence-electron chi connectivity index (χ0n) is 12.6. The average Bonchev–Trinajstić information content (AvgIpc) is 3.02. The summed E-state index contributed by atoms with van der Waals surface area (Å²) in [7, 11) is 1.99. The Morgan fingerprint density at radius 1 is 1.00 bits per heavy atom. The number of tetrazole rings is 1. The summed E-state index contributed by atoms with van der Waals surface area (Å²) in [6.07, 6.45) is 3.85. The average molecular weight is 291 g/mol. The lowest BCUT2D eigenvalue weighted by atomic mass is 10.2. The number of nitrogens with zero attached hydrogens (tertiary/aromatic N) is 5. The van der Waals surface area contributed by atoms with E-state index in [4.69, 9.17) is 0 Å². The van der Waals surface area contributed by atoms with Gasteiger partial charge in [0.2, 0.25) is 0 Å². The molecule has 110 valence electrons. The van der Waals surface area contributed by atoms with Crippen molar-refractivity contribution >= 4 is 11.8 Å². The molecule has 1 heterocycles. The first-order chi connectivity index (χ1) is 10.7. The monoisotopic (exact) mass is 291 g/mol. The summed E-state index contributed by atoms with van der Waals surface area (Å²) in [6, 6.07) is 18.2. The Morgan fingerprint density at radius 2 is 1.73 bits per heavy atom. The molecular weight excluding hydrogens is 274 g/mol. The number of anilines is 1. The third-order valence-corrected chi connectivity index (χ3v) is 3.38. The number of rotatable bonds is 4. The molecule has 0 bridgehead atoms. The van der Waals surface area contributed by atoms with Crippen LogP contribution in [0.1, 0.15) is 11.4 Å². The van der Waals surface area contributed by atoms with Gasteiger partial charge in [0, 0.05) is 25.0 Å². The number of para-hydroxylation sites is 1. The zero-order valence-corrected chi connectivity index (χ0v) is 12.6. The van der Waals surface area contributed by atoms with E-state index in [1.54, 1.807) is 4.68 Å². The Balaban J connectivity index is 1.83. The molecule has 0 aliphatic carbocycles.